The van der Waals surface area contributed by atoms with E-state index in [1.807, 2.05) is 31.2 Å². The van der Waals surface area contributed by atoms with Crippen LogP contribution in [0.3, 0.4) is 0 Å². The molecule has 0 saturated carbocycles. The van der Waals surface area contributed by atoms with Gasteiger partial charge in [0.2, 0.25) is 10.0 Å². The van der Waals surface area contributed by atoms with E-state index in [0.29, 0.717) is 26.2 Å². The molecule has 2 heterocycles. The maximum Gasteiger partial charge on any atom is 0.218 e. The normalized spacial score (nSPS) is 18.1. The van der Waals surface area contributed by atoms with Gasteiger partial charge in [-0.1, -0.05) is 29.8 Å². The highest BCUT2D eigenvalue weighted by Gasteiger charge is 2.28. The van der Waals surface area contributed by atoms with Gasteiger partial charge < -0.3 is 4.90 Å². The quantitative estimate of drug-likeness (QED) is 0.820. The lowest BCUT2D eigenvalue weighted by Gasteiger charge is -2.34. The van der Waals surface area contributed by atoms with E-state index in [0.717, 1.165) is 41.9 Å². The fraction of sp³-hybridized carbons (Fsp3) is 0.474. The molecule has 0 unspecified atom stereocenters. The topological polar surface area (TPSA) is 66.4 Å². The van der Waals surface area contributed by atoms with Gasteiger partial charge in [-0.25, -0.2) is 8.42 Å². The van der Waals surface area contributed by atoms with Crippen molar-refractivity contribution in [2.24, 2.45) is 0 Å². The molecule has 6 nitrogen and oxygen atoms in total. The zero-order valence-corrected chi connectivity index (χ0v) is 15.9. The molecule has 26 heavy (non-hydrogen) atoms. The molecule has 0 spiro atoms. The van der Waals surface area contributed by atoms with Crippen molar-refractivity contribution in [1.82, 2.24) is 14.5 Å². The Balaban J connectivity index is 1.41. The van der Waals surface area contributed by atoms with Crippen LogP contribution in [0.25, 0.3) is 0 Å². The van der Waals surface area contributed by atoms with Crippen molar-refractivity contribution in [3.05, 3.63) is 52.7 Å². The highest BCUT2D eigenvalue weighted by atomic mass is 32.2. The van der Waals surface area contributed by atoms with E-state index in [2.05, 4.69) is 21.2 Å². The van der Waals surface area contributed by atoms with E-state index < -0.39 is 10.0 Å². The number of aromatic nitrogens is 2. The lowest BCUT2D eigenvalue weighted by molar-refractivity contribution is 0.383. The van der Waals surface area contributed by atoms with Crippen molar-refractivity contribution < 1.29 is 8.42 Å². The van der Waals surface area contributed by atoms with Gasteiger partial charge in [-0.15, -0.1) is 5.10 Å². The van der Waals surface area contributed by atoms with E-state index >= 15 is 0 Å². The molecular formula is C19H24N4O2S. The van der Waals surface area contributed by atoms with Crippen LogP contribution < -0.4 is 4.90 Å². The number of hydrogen-bond donors (Lipinski definition) is 0. The molecule has 4 rings (SSSR count). The molecule has 2 aliphatic rings. The Bertz CT molecular complexity index is 906. The van der Waals surface area contributed by atoms with Gasteiger partial charge in [-0.05, 0) is 43.4 Å². The number of nitrogens with zero attached hydrogens (tertiary/aromatic N) is 4. The monoisotopic (exact) mass is 372 g/mol. The molecule has 1 fully saturated rings. The van der Waals surface area contributed by atoms with Gasteiger partial charge >= 0.3 is 0 Å². The summed E-state index contributed by atoms with van der Waals surface area (Å²) in [6, 6.07) is 9.83. The summed E-state index contributed by atoms with van der Waals surface area (Å²) in [6.07, 6.45) is 3.24. The maximum atomic E-state index is 12.7. The van der Waals surface area contributed by atoms with Gasteiger partial charge in [0.05, 0.1) is 11.4 Å². The van der Waals surface area contributed by atoms with E-state index in [-0.39, 0.29) is 5.75 Å². The van der Waals surface area contributed by atoms with Crippen LogP contribution in [-0.4, -0.2) is 49.1 Å². The number of hydrogen-bond acceptors (Lipinski definition) is 5. The Hall–Kier alpha value is -1.99. The van der Waals surface area contributed by atoms with Crippen LogP contribution in [0.1, 0.15) is 28.8 Å². The first-order chi connectivity index (χ1) is 12.5. The minimum absolute atomic E-state index is 0.0628. The predicted molar refractivity (Wildman–Crippen MR) is 102 cm³/mol. The molecule has 0 amide bonds. The van der Waals surface area contributed by atoms with Crippen LogP contribution in [0.2, 0.25) is 0 Å². The minimum Gasteiger partial charge on any atom is -0.352 e. The fourth-order valence-electron chi connectivity index (χ4n) is 3.77. The molecule has 0 atom stereocenters. The van der Waals surface area contributed by atoms with Crippen LogP contribution in [0.4, 0.5) is 5.82 Å². The Morgan fingerprint density at radius 2 is 1.85 bits per heavy atom. The van der Waals surface area contributed by atoms with Gasteiger partial charge in [0.1, 0.15) is 0 Å². The average Bonchev–Trinajstić information content (AvgIpc) is 3.09. The molecule has 0 N–H and O–H groups in total. The van der Waals surface area contributed by atoms with E-state index in [9.17, 15) is 8.42 Å². The standard InChI is InChI=1S/C19H24N4O2S/c1-15-4-2-5-16(12-15)14-26(24,25)23-10-8-22(9-11-23)19-13-17-6-3-7-18(17)20-21-19/h2,4-5,12-13H,3,6-11,14H2,1H3. The number of benzene rings is 1. The summed E-state index contributed by atoms with van der Waals surface area (Å²) in [7, 11) is -3.30. The van der Waals surface area contributed by atoms with Crippen molar-refractivity contribution in [1.29, 1.82) is 0 Å². The lowest BCUT2D eigenvalue weighted by Crippen LogP contribution is -2.49. The predicted octanol–water partition coefficient (Wildman–Crippen LogP) is 1.93. The maximum absolute atomic E-state index is 12.7. The van der Waals surface area contributed by atoms with E-state index in [1.54, 1.807) is 4.31 Å². The third-order valence-corrected chi connectivity index (χ3v) is 7.04. The zero-order valence-electron chi connectivity index (χ0n) is 15.1. The second-order valence-corrected chi connectivity index (χ2v) is 9.13. The number of sulfonamides is 1. The molecular weight excluding hydrogens is 348 g/mol. The average molecular weight is 372 g/mol. The van der Waals surface area contributed by atoms with Crippen LogP contribution in [-0.2, 0) is 28.6 Å². The molecule has 138 valence electrons. The van der Waals surface area contributed by atoms with Crippen LogP contribution in [0, 0.1) is 6.92 Å². The molecule has 0 radical (unpaired) electrons. The highest BCUT2D eigenvalue weighted by molar-refractivity contribution is 7.88. The van der Waals surface area contributed by atoms with Crippen LogP contribution >= 0.6 is 0 Å². The molecule has 1 saturated heterocycles. The van der Waals surface area contributed by atoms with Crippen molar-refractivity contribution in [3.8, 4) is 0 Å². The van der Waals surface area contributed by atoms with Crippen molar-refractivity contribution in [3.63, 3.8) is 0 Å². The summed E-state index contributed by atoms with van der Waals surface area (Å²) in [5.41, 5.74) is 4.34. The summed E-state index contributed by atoms with van der Waals surface area (Å²) in [5.74, 6) is 0.939. The van der Waals surface area contributed by atoms with Crippen molar-refractivity contribution >= 4 is 15.8 Å². The second kappa shape index (κ2) is 6.96. The van der Waals surface area contributed by atoms with Gasteiger partial charge in [0.25, 0.3) is 0 Å². The van der Waals surface area contributed by atoms with Crippen molar-refractivity contribution in [2.75, 3.05) is 31.1 Å². The lowest BCUT2D eigenvalue weighted by atomic mass is 10.2. The van der Waals surface area contributed by atoms with Crippen LogP contribution in [0.15, 0.2) is 30.3 Å². The Labute approximate surface area is 154 Å². The first kappa shape index (κ1) is 17.4. The zero-order chi connectivity index (χ0) is 18.1. The molecule has 0 bridgehead atoms. The SMILES string of the molecule is Cc1cccc(CS(=O)(=O)N2CCN(c3cc4c(nn3)CCC4)CC2)c1. The summed E-state index contributed by atoms with van der Waals surface area (Å²) in [4.78, 5) is 2.14. The molecule has 1 aromatic heterocycles. The Morgan fingerprint density at radius 3 is 2.62 bits per heavy atom. The summed E-state index contributed by atoms with van der Waals surface area (Å²) in [6.45, 7) is 4.27. The van der Waals surface area contributed by atoms with Gasteiger partial charge in [0.15, 0.2) is 5.82 Å². The summed E-state index contributed by atoms with van der Waals surface area (Å²) >= 11 is 0. The number of fused-ring (bicyclic) bond motifs is 1. The third kappa shape index (κ3) is 3.59. The van der Waals surface area contributed by atoms with Gasteiger partial charge in [0, 0.05) is 26.2 Å². The molecule has 2 aromatic rings. The number of anilines is 1. The number of piperazine rings is 1. The Kier molecular flexibility index (Phi) is 4.67. The molecule has 7 heteroatoms. The molecule has 1 aliphatic carbocycles. The minimum atomic E-state index is -3.30. The summed E-state index contributed by atoms with van der Waals surface area (Å²) < 4.78 is 27.1. The number of rotatable bonds is 4. The highest BCUT2D eigenvalue weighted by Crippen LogP contribution is 2.24. The largest absolute Gasteiger partial charge is 0.352 e. The van der Waals surface area contributed by atoms with Gasteiger partial charge in [-0.2, -0.15) is 9.40 Å². The Morgan fingerprint density at radius 1 is 1.04 bits per heavy atom. The molecule has 1 aliphatic heterocycles. The van der Waals surface area contributed by atoms with Crippen molar-refractivity contribution in [2.45, 2.75) is 31.9 Å². The first-order valence-electron chi connectivity index (χ1n) is 9.15. The van der Waals surface area contributed by atoms with Crippen LogP contribution in [0.5, 0.6) is 0 Å². The second-order valence-electron chi connectivity index (χ2n) is 7.16. The molecule has 1 aromatic carbocycles. The summed E-state index contributed by atoms with van der Waals surface area (Å²) in [5, 5.41) is 8.69. The number of aryl methyl sites for hydroxylation is 3. The smallest absolute Gasteiger partial charge is 0.218 e. The van der Waals surface area contributed by atoms with E-state index in [1.165, 1.54) is 5.56 Å². The van der Waals surface area contributed by atoms with Gasteiger partial charge in [-0.3, -0.25) is 0 Å². The first-order valence-corrected chi connectivity index (χ1v) is 10.8. The van der Waals surface area contributed by atoms with E-state index in [4.69, 9.17) is 0 Å². The third-order valence-electron chi connectivity index (χ3n) is 5.19. The fourth-order valence-corrected chi connectivity index (χ4v) is 5.27.